The Morgan fingerprint density at radius 2 is 1.94 bits per heavy atom. The van der Waals surface area contributed by atoms with E-state index in [1.807, 2.05) is 6.92 Å². The molecule has 0 radical (unpaired) electrons. The summed E-state index contributed by atoms with van der Waals surface area (Å²) in [6, 6.07) is 4.21. The van der Waals surface area contributed by atoms with Crippen molar-refractivity contribution in [2.75, 3.05) is 0 Å². The van der Waals surface area contributed by atoms with E-state index in [0.717, 1.165) is 29.6 Å². The van der Waals surface area contributed by atoms with Crippen LogP contribution in [0.4, 0.5) is 0 Å². The van der Waals surface area contributed by atoms with E-state index in [1.54, 1.807) is 11.3 Å². The number of aliphatic hydroxyl groups is 1. The molecule has 1 N–H and O–H groups in total. The van der Waals surface area contributed by atoms with Crippen molar-refractivity contribution in [2.45, 2.75) is 52.6 Å². The van der Waals surface area contributed by atoms with E-state index < -0.39 is 5.60 Å². The maximum absolute atomic E-state index is 10.8. The Morgan fingerprint density at radius 3 is 2.47 bits per heavy atom. The Kier molecular flexibility index (Phi) is 3.65. The van der Waals surface area contributed by atoms with Gasteiger partial charge in [-0.05, 0) is 56.6 Å². The summed E-state index contributed by atoms with van der Waals surface area (Å²) in [5, 5.41) is 10.8. The zero-order valence-corrected chi connectivity index (χ0v) is 12.2. The molecule has 1 aromatic heterocycles. The summed E-state index contributed by atoms with van der Waals surface area (Å²) in [4.78, 5) is 2.43. The fourth-order valence-electron chi connectivity index (χ4n) is 2.97. The SMILES string of the molecule is Cc1ccc(C(C)(O)C2CCC(C)C(C)C2)s1. The molecule has 1 saturated carbocycles. The second-order valence-electron chi connectivity index (χ2n) is 6.02. The van der Waals surface area contributed by atoms with Crippen LogP contribution in [-0.2, 0) is 5.60 Å². The van der Waals surface area contributed by atoms with Crippen LogP contribution in [0, 0.1) is 24.7 Å². The molecular formula is C15H24OS. The van der Waals surface area contributed by atoms with Gasteiger partial charge in [0.1, 0.15) is 0 Å². The van der Waals surface area contributed by atoms with E-state index >= 15 is 0 Å². The monoisotopic (exact) mass is 252 g/mol. The summed E-state index contributed by atoms with van der Waals surface area (Å²) in [6.07, 6.45) is 3.58. The summed E-state index contributed by atoms with van der Waals surface area (Å²) in [6.45, 7) is 8.78. The first kappa shape index (κ1) is 13.1. The minimum Gasteiger partial charge on any atom is -0.384 e. The van der Waals surface area contributed by atoms with Crippen molar-refractivity contribution < 1.29 is 5.11 Å². The zero-order chi connectivity index (χ0) is 12.6. The molecular weight excluding hydrogens is 228 g/mol. The van der Waals surface area contributed by atoms with Gasteiger partial charge in [-0.2, -0.15) is 0 Å². The highest BCUT2D eigenvalue weighted by Gasteiger charge is 2.38. The summed E-state index contributed by atoms with van der Waals surface area (Å²) in [5.74, 6) is 1.97. The lowest BCUT2D eigenvalue weighted by molar-refractivity contribution is -0.0342. The van der Waals surface area contributed by atoms with Crippen LogP contribution >= 0.6 is 11.3 Å². The number of hydrogen-bond acceptors (Lipinski definition) is 2. The molecule has 96 valence electrons. The molecule has 1 nitrogen and oxygen atoms in total. The molecule has 4 atom stereocenters. The van der Waals surface area contributed by atoms with Crippen LogP contribution in [0.15, 0.2) is 12.1 Å². The molecule has 2 rings (SSSR count). The van der Waals surface area contributed by atoms with Gasteiger partial charge in [-0.3, -0.25) is 0 Å². The van der Waals surface area contributed by atoms with E-state index in [2.05, 4.69) is 32.9 Å². The quantitative estimate of drug-likeness (QED) is 0.830. The van der Waals surface area contributed by atoms with Crippen molar-refractivity contribution in [3.05, 3.63) is 21.9 Å². The van der Waals surface area contributed by atoms with Crippen molar-refractivity contribution in [1.82, 2.24) is 0 Å². The van der Waals surface area contributed by atoms with E-state index in [9.17, 15) is 5.11 Å². The van der Waals surface area contributed by atoms with Crippen molar-refractivity contribution in [3.8, 4) is 0 Å². The summed E-state index contributed by atoms with van der Waals surface area (Å²) in [7, 11) is 0. The van der Waals surface area contributed by atoms with Gasteiger partial charge < -0.3 is 5.11 Å². The van der Waals surface area contributed by atoms with Crippen molar-refractivity contribution in [2.24, 2.45) is 17.8 Å². The first-order valence-corrected chi connectivity index (χ1v) is 7.52. The van der Waals surface area contributed by atoms with Crippen LogP contribution in [0.3, 0.4) is 0 Å². The summed E-state index contributed by atoms with van der Waals surface area (Å²) < 4.78 is 0. The van der Waals surface area contributed by atoms with Crippen LogP contribution in [-0.4, -0.2) is 5.11 Å². The second kappa shape index (κ2) is 4.74. The van der Waals surface area contributed by atoms with Gasteiger partial charge in [0.05, 0.1) is 5.60 Å². The smallest absolute Gasteiger partial charge is 0.0988 e. The molecule has 4 unspecified atom stereocenters. The highest BCUT2D eigenvalue weighted by Crippen LogP contribution is 2.44. The molecule has 0 aliphatic heterocycles. The maximum Gasteiger partial charge on any atom is 0.0988 e. The van der Waals surface area contributed by atoms with Crippen LogP contribution in [0.25, 0.3) is 0 Å². The fraction of sp³-hybridized carbons (Fsp3) is 0.733. The minimum atomic E-state index is -0.632. The summed E-state index contributed by atoms with van der Waals surface area (Å²) >= 11 is 1.74. The number of thiophene rings is 1. The Bertz CT molecular complexity index is 380. The normalized spacial score (nSPS) is 33.4. The molecule has 0 bridgehead atoms. The van der Waals surface area contributed by atoms with Gasteiger partial charge in [-0.25, -0.2) is 0 Å². The lowest BCUT2D eigenvalue weighted by Crippen LogP contribution is -2.36. The van der Waals surface area contributed by atoms with Crippen molar-refractivity contribution >= 4 is 11.3 Å². The molecule has 1 fully saturated rings. The van der Waals surface area contributed by atoms with Crippen LogP contribution < -0.4 is 0 Å². The van der Waals surface area contributed by atoms with Crippen molar-refractivity contribution in [3.63, 3.8) is 0 Å². The molecule has 0 spiro atoms. The van der Waals surface area contributed by atoms with E-state index in [1.165, 1.54) is 11.3 Å². The Hall–Kier alpha value is -0.340. The number of rotatable bonds is 2. The first-order chi connectivity index (χ1) is 7.91. The molecule has 0 amide bonds. The van der Waals surface area contributed by atoms with Gasteiger partial charge in [0.15, 0.2) is 0 Å². The van der Waals surface area contributed by atoms with Gasteiger partial charge >= 0.3 is 0 Å². The highest BCUT2D eigenvalue weighted by molar-refractivity contribution is 7.12. The minimum absolute atomic E-state index is 0.423. The number of aryl methyl sites for hydroxylation is 1. The zero-order valence-electron chi connectivity index (χ0n) is 11.4. The van der Waals surface area contributed by atoms with Gasteiger partial charge in [0, 0.05) is 9.75 Å². The third kappa shape index (κ3) is 2.58. The van der Waals surface area contributed by atoms with Gasteiger partial charge in [0.25, 0.3) is 0 Å². The average Bonchev–Trinajstić information content (AvgIpc) is 2.69. The van der Waals surface area contributed by atoms with Crippen molar-refractivity contribution in [1.29, 1.82) is 0 Å². The Balaban J connectivity index is 2.15. The van der Waals surface area contributed by atoms with E-state index in [0.29, 0.717) is 5.92 Å². The van der Waals surface area contributed by atoms with Crippen LogP contribution in [0.2, 0.25) is 0 Å². The average molecular weight is 252 g/mol. The Morgan fingerprint density at radius 1 is 1.24 bits per heavy atom. The molecule has 1 aliphatic rings. The molecule has 1 aromatic rings. The van der Waals surface area contributed by atoms with Gasteiger partial charge in [-0.1, -0.05) is 20.3 Å². The fourth-order valence-corrected chi connectivity index (χ4v) is 3.96. The van der Waals surface area contributed by atoms with E-state index in [4.69, 9.17) is 0 Å². The van der Waals surface area contributed by atoms with Crippen LogP contribution in [0.1, 0.15) is 49.8 Å². The van der Waals surface area contributed by atoms with Crippen LogP contribution in [0.5, 0.6) is 0 Å². The van der Waals surface area contributed by atoms with E-state index in [-0.39, 0.29) is 0 Å². The molecule has 1 aliphatic carbocycles. The molecule has 2 heteroatoms. The lowest BCUT2D eigenvalue weighted by atomic mass is 9.69. The topological polar surface area (TPSA) is 20.2 Å². The third-order valence-electron chi connectivity index (χ3n) is 4.63. The predicted molar refractivity (Wildman–Crippen MR) is 74.3 cm³/mol. The Labute approximate surface area is 109 Å². The third-order valence-corrected chi connectivity index (χ3v) is 5.86. The molecule has 17 heavy (non-hydrogen) atoms. The first-order valence-electron chi connectivity index (χ1n) is 6.70. The summed E-state index contributed by atoms with van der Waals surface area (Å²) in [5.41, 5.74) is -0.632. The molecule has 0 saturated heterocycles. The highest BCUT2D eigenvalue weighted by atomic mass is 32.1. The maximum atomic E-state index is 10.8. The largest absolute Gasteiger partial charge is 0.384 e. The lowest BCUT2D eigenvalue weighted by Gasteiger charge is -2.40. The standard InChI is InChI=1S/C15H24OS/c1-10-5-7-13(9-11(10)2)15(4,16)14-8-6-12(3)17-14/h6,8,10-11,13,16H,5,7,9H2,1-4H3. The van der Waals surface area contributed by atoms with Gasteiger partial charge in [0.2, 0.25) is 0 Å². The predicted octanol–water partition coefficient (Wildman–Crippen LogP) is 4.34. The van der Waals surface area contributed by atoms with Gasteiger partial charge in [-0.15, -0.1) is 11.3 Å². The number of hydrogen-bond donors (Lipinski definition) is 1. The molecule has 0 aromatic carbocycles. The second-order valence-corrected chi connectivity index (χ2v) is 7.31. The molecule has 1 heterocycles.